The number of carboxylic acids is 1. The Kier molecular flexibility index (Phi) is 13.7. The molecule has 0 aromatic heterocycles. The number of nitrogens with one attached hydrogen (secondary N) is 4. The van der Waals surface area contributed by atoms with Crippen LogP contribution in [0.3, 0.4) is 0 Å². The predicted octanol–water partition coefficient (Wildman–Crippen LogP) is -0.941. The first kappa shape index (κ1) is 31.0. The third kappa shape index (κ3) is 10.3. The molecule has 0 unspecified atom stereocenters. The molecule has 194 valence electrons. The van der Waals surface area contributed by atoms with E-state index in [-0.39, 0.29) is 11.8 Å². The Morgan fingerprint density at radius 1 is 0.794 bits per heavy atom. The maximum atomic E-state index is 12.8. The van der Waals surface area contributed by atoms with Gasteiger partial charge in [-0.3, -0.25) is 24.0 Å². The number of carbonyl (C=O) groups is 6. The Balaban J connectivity index is 5.37. The van der Waals surface area contributed by atoms with Crippen molar-refractivity contribution in [2.45, 2.75) is 91.0 Å². The van der Waals surface area contributed by atoms with Crippen LogP contribution in [0.15, 0.2) is 0 Å². The zero-order chi connectivity index (χ0) is 26.6. The molecule has 0 aliphatic carbocycles. The first-order chi connectivity index (χ1) is 15.8. The second-order valence-corrected chi connectivity index (χ2v) is 8.61. The fourth-order valence-electron chi connectivity index (χ4n) is 2.87. The molecule has 12 heteroatoms. The van der Waals surface area contributed by atoms with E-state index in [1.54, 1.807) is 6.92 Å². The largest absolute Gasteiger partial charge is 0.481 e. The minimum atomic E-state index is -1.44. The van der Waals surface area contributed by atoms with Gasteiger partial charge < -0.3 is 36.9 Å². The highest BCUT2D eigenvalue weighted by Gasteiger charge is 2.32. The SMILES string of the molecule is CC[C@H](C)[C@H](NC(=O)[C@H](C)NC(=O)[C@H](CC(=O)O)NC(=O)[C@H](C)N)C(=O)N[C@H](C=O)[C@@H](C)CC. The molecular weight excluding hydrogens is 446 g/mol. The number of amides is 4. The van der Waals surface area contributed by atoms with Crippen LogP contribution in [-0.2, 0) is 28.8 Å². The summed E-state index contributed by atoms with van der Waals surface area (Å²) in [4.78, 5) is 72.4. The van der Waals surface area contributed by atoms with Crippen LogP contribution in [0.5, 0.6) is 0 Å². The van der Waals surface area contributed by atoms with Crippen molar-refractivity contribution in [1.82, 2.24) is 21.3 Å². The number of rotatable bonds is 15. The van der Waals surface area contributed by atoms with Crippen molar-refractivity contribution < 1.29 is 33.9 Å². The molecule has 0 saturated heterocycles. The zero-order valence-corrected chi connectivity index (χ0v) is 20.7. The van der Waals surface area contributed by atoms with Crippen LogP contribution in [-0.4, -0.2) is 71.2 Å². The lowest BCUT2D eigenvalue weighted by molar-refractivity contribution is -0.141. The summed E-state index contributed by atoms with van der Waals surface area (Å²) in [5.74, 6) is -4.52. The fraction of sp³-hybridized carbons (Fsp3) is 0.727. The van der Waals surface area contributed by atoms with E-state index in [9.17, 15) is 28.8 Å². The van der Waals surface area contributed by atoms with E-state index in [2.05, 4.69) is 21.3 Å². The molecule has 0 rings (SSSR count). The Morgan fingerprint density at radius 3 is 1.79 bits per heavy atom. The van der Waals surface area contributed by atoms with Gasteiger partial charge in [0, 0.05) is 0 Å². The van der Waals surface area contributed by atoms with Crippen molar-refractivity contribution in [3.8, 4) is 0 Å². The van der Waals surface area contributed by atoms with E-state index in [0.29, 0.717) is 19.1 Å². The third-order valence-corrected chi connectivity index (χ3v) is 5.68. The average molecular weight is 486 g/mol. The molecule has 0 aromatic rings. The van der Waals surface area contributed by atoms with Gasteiger partial charge in [-0.1, -0.05) is 40.5 Å². The van der Waals surface area contributed by atoms with Gasteiger partial charge in [-0.15, -0.1) is 0 Å². The summed E-state index contributed by atoms with van der Waals surface area (Å²) in [5.41, 5.74) is 5.45. The molecule has 0 saturated carbocycles. The number of aliphatic carboxylic acids is 1. The summed E-state index contributed by atoms with van der Waals surface area (Å²) >= 11 is 0. The minimum absolute atomic E-state index is 0.0921. The zero-order valence-electron chi connectivity index (χ0n) is 20.7. The lowest BCUT2D eigenvalue weighted by Crippen LogP contribution is -2.59. The van der Waals surface area contributed by atoms with E-state index in [4.69, 9.17) is 10.8 Å². The molecule has 4 amide bonds. The van der Waals surface area contributed by atoms with Crippen LogP contribution in [0.1, 0.15) is 60.8 Å². The molecule has 0 bridgehead atoms. The second kappa shape index (κ2) is 15.0. The molecule has 0 aromatic carbocycles. The number of hydrogen-bond donors (Lipinski definition) is 6. The Labute approximate surface area is 200 Å². The van der Waals surface area contributed by atoms with Crippen LogP contribution in [0.25, 0.3) is 0 Å². The van der Waals surface area contributed by atoms with E-state index >= 15 is 0 Å². The number of aldehydes is 1. The highest BCUT2D eigenvalue weighted by molar-refractivity contribution is 5.96. The summed E-state index contributed by atoms with van der Waals surface area (Å²) in [5, 5.41) is 18.9. The van der Waals surface area contributed by atoms with Gasteiger partial charge in [0.25, 0.3) is 0 Å². The van der Waals surface area contributed by atoms with Crippen molar-refractivity contribution in [2.24, 2.45) is 17.6 Å². The van der Waals surface area contributed by atoms with Gasteiger partial charge in [-0.25, -0.2) is 0 Å². The van der Waals surface area contributed by atoms with Gasteiger partial charge in [0.2, 0.25) is 23.6 Å². The van der Waals surface area contributed by atoms with Crippen molar-refractivity contribution in [1.29, 1.82) is 0 Å². The summed E-state index contributed by atoms with van der Waals surface area (Å²) < 4.78 is 0. The van der Waals surface area contributed by atoms with E-state index in [0.717, 1.165) is 0 Å². The molecule has 0 fully saturated rings. The summed E-state index contributed by atoms with van der Waals surface area (Å²) in [6, 6.07) is -5.22. The highest BCUT2D eigenvalue weighted by atomic mass is 16.4. The van der Waals surface area contributed by atoms with E-state index < -0.39 is 66.2 Å². The maximum absolute atomic E-state index is 12.8. The normalized spacial score (nSPS) is 17.0. The van der Waals surface area contributed by atoms with Crippen LogP contribution < -0.4 is 27.0 Å². The van der Waals surface area contributed by atoms with Gasteiger partial charge in [-0.2, -0.15) is 0 Å². The van der Waals surface area contributed by atoms with Gasteiger partial charge in [0.1, 0.15) is 24.4 Å². The lowest BCUT2D eigenvalue weighted by Gasteiger charge is -2.28. The molecule has 0 aliphatic heterocycles. The number of nitrogens with two attached hydrogens (primary N) is 1. The van der Waals surface area contributed by atoms with Crippen molar-refractivity contribution in [3.05, 3.63) is 0 Å². The Morgan fingerprint density at radius 2 is 1.35 bits per heavy atom. The standard InChI is InChI=1S/C22H39N5O7/c1-7-11(3)16(10-28)26-22(34)18(12(4)8-2)27-20(32)14(6)24-21(33)15(9-17(29)30)25-19(31)13(5)23/h10-16,18H,7-9,23H2,1-6H3,(H,24,33)(H,25,31)(H,26,34)(H,27,32)(H,29,30)/t11-,12-,13-,14-,15-,16+,18-/m0/s1. The van der Waals surface area contributed by atoms with Gasteiger partial charge >= 0.3 is 5.97 Å². The quantitative estimate of drug-likeness (QED) is 0.160. The Hall–Kier alpha value is -3.02. The topological polar surface area (TPSA) is 197 Å². The smallest absolute Gasteiger partial charge is 0.305 e. The molecule has 12 nitrogen and oxygen atoms in total. The van der Waals surface area contributed by atoms with Crippen molar-refractivity contribution >= 4 is 35.9 Å². The van der Waals surface area contributed by atoms with Gasteiger partial charge in [0.15, 0.2) is 0 Å². The molecule has 7 atom stereocenters. The fourth-order valence-corrected chi connectivity index (χ4v) is 2.87. The molecule has 0 aliphatic rings. The van der Waals surface area contributed by atoms with Crippen molar-refractivity contribution in [3.63, 3.8) is 0 Å². The van der Waals surface area contributed by atoms with Crippen molar-refractivity contribution in [2.75, 3.05) is 0 Å². The van der Waals surface area contributed by atoms with E-state index in [1.807, 2.05) is 20.8 Å². The molecule has 0 heterocycles. The van der Waals surface area contributed by atoms with Crippen LogP contribution in [0.4, 0.5) is 0 Å². The average Bonchev–Trinajstić information content (AvgIpc) is 2.78. The van der Waals surface area contributed by atoms with Crippen LogP contribution in [0.2, 0.25) is 0 Å². The summed E-state index contributed by atoms with van der Waals surface area (Å²) in [6.07, 6.45) is 1.17. The monoisotopic (exact) mass is 485 g/mol. The summed E-state index contributed by atoms with van der Waals surface area (Å²) in [6.45, 7) is 10.0. The third-order valence-electron chi connectivity index (χ3n) is 5.68. The van der Waals surface area contributed by atoms with Gasteiger partial charge in [0.05, 0.1) is 18.5 Å². The van der Waals surface area contributed by atoms with Crippen LogP contribution >= 0.6 is 0 Å². The first-order valence-electron chi connectivity index (χ1n) is 11.4. The molecule has 34 heavy (non-hydrogen) atoms. The summed E-state index contributed by atoms with van der Waals surface area (Å²) in [7, 11) is 0. The molecule has 7 N–H and O–H groups in total. The predicted molar refractivity (Wildman–Crippen MR) is 124 cm³/mol. The highest BCUT2D eigenvalue weighted by Crippen LogP contribution is 2.11. The molecule has 0 radical (unpaired) electrons. The van der Waals surface area contributed by atoms with Crippen LogP contribution in [0, 0.1) is 11.8 Å². The van der Waals surface area contributed by atoms with E-state index in [1.165, 1.54) is 13.8 Å². The second-order valence-electron chi connectivity index (χ2n) is 8.61. The number of hydrogen-bond acceptors (Lipinski definition) is 7. The number of carbonyl (C=O) groups excluding carboxylic acids is 5. The number of carboxylic acid groups (broad SMARTS) is 1. The molecular formula is C22H39N5O7. The molecule has 0 spiro atoms. The first-order valence-corrected chi connectivity index (χ1v) is 11.4. The van der Waals surface area contributed by atoms with Gasteiger partial charge in [-0.05, 0) is 25.7 Å². The maximum Gasteiger partial charge on any atom is 0.305 e. The minimum Gasteiger partial charge on any atom is -0.481 e. The lowest BCUT2D eigenvalue weighted by atomic mass is 9.95. The Bertz CT molecular complexity index is 743.